The molecule has 0 aliphatic carbocycles. The van der Waals surface area contributed by atoms with E-state index in [0.29, 0.717) is 0 Å². The third-order valence-corrected chi connectivity index (χ3v) is 4.87. The van der Waals surface area contributed by atoms with Gasteiger partial charge in [0, 0.05) is 31.0 Å². The van der Waals surface area contributed by atoms with Crippen molar-refractivity contribution in [1.29, 1.82) is 0 Å². The van der Waals surface area contributed by atoms with Crippen LogP contribution < -0.4 is 5.32 Å². The summed E-state index contributed by atoms with van der Waals surface area (Å²) in [6, 6.07) is 5.79. The fraction of sp³-hybridized carbons (Fsp3) is 0.421. The number of halogens is 3. The molecule has 0 atom stereocenters. The maximum absolute atomic E-state index is 13.3. The first-order valence-corrected chi connectivity index (χ1v) is 9.12. The molecular weight excluding hydrogens is 369 g/mol. The number of rotatable bonds is 3. The maximum Gasteiger partial charge on any atom is 0.435 e. The number of hydrogen-bond acceptors (Lipinski definition) is 5. The van der Waals surface area contributed by atoms with Crippen LogP contribution in [0.3, 0.4) is 0 Å². The smallest absolute Gasteiger partial charge is 0.324 e. The SMILES string of the molecule is CC(C)n1nc(C(F)(F)F)c2cnc(Nc3ccc4c(c3)CN(C)CC4)nc21. The van der Waals surface area contributed by atoms with Gasteiger partial charge in [-0.15, -0.1) is 0 Å². The lowest BCUT2D eigenvalue weighted by molar-refractivity contribution is -0.140. The Hall–Kier alpha value is -2.68. The molecule has 0 radical (unpaired) electrons. The summed E-state index contributed by atoms with van der Waals surface area (Å²) in [5.74, 6) is 0.243. The maximum atomic E-state index is 13.3. The molecule has 0 saturated carbocycles. The quantitative estimate of drug-likeness (QED) is 0.728. The highest BCUT2D eigenvalue weighted by Gasteiger charge is 2.37. The van der Waals surface area contributed by atoms with Crippen LogP contribution in [0.5, 0.6) is 0 Å². The minimum absolute atomic E-state index is 0.0983. The van der Waals surface area contributed by atoms with Crippen molar-refractivity contribution in [2.24, 2.45) is 0 Å². The molecule has 1 N–H and O–H groups in total. The standard InChI is InChI=1S/C19H21F3N6/c1-11(2)28-17-15(16(26-28)19(20,21)22)9-23-18(25-17)24-14-5-4-12-6-7-27(3)10-13(12)8-14/h4-5,8-9,11H,6-7,10H2,1-3H3,(H,23,24,25). The molecule has 0 bridgehead atoms. The third-order valence-electron chi connectivity index (χ3n) is 4.87. The molecule has 1 aliphatic rings. The predicted octanol–water partition coefficient (Wildman–Crippen LogP) is 4.16. The first-order valence-electron chi connectivity index (χ1n) is 9.12. The zero-order chi connectivity index (χ0) is 20.1. The Balaban J connectivity index is 1.70. The molecule has 2 aromatic heterocycles. The number of fused-ring (bicyclic) bond motifs is 2. The monoisotopic (exact) mass is 390 g/mol. The Bertz CT molecular complexity index is 1020. The van der Waals surface area contributed by atoms with Gasteiger partial charge in [0.25, 0.3) is 0 Å². The number of hydrogen-bond donors (Lipinski definition) is 1. The second-order valence-corrected chi connectivity index (χ2v) is 7.41. The van der Waals surface area contributed by atoms with Crippen LogP contribution >= 0.6 is 0 Å². The molecule has 1 aromatic carbocycles. The molecule has 1 aliphatic heterocycles. The zero-order valence-electron chi connectivity index (χ0n) is 15.9. The average Bonchev–Trinajstić information content (AvgIpc) is 3.01. The van der Waals surface area contributed by atoms with Crippen LogP contribution in [-0.4, -0.2) is 38.2 Å². The van der Waals surface area contributed by atoms with E-state index in [1.54, 1.807) is 13.8 Å². The summed E-state index contributed by atoms with van der Waals surface area (Å²) in [4.78, 5) is 10.7. The lowest BCUT2D eigenvalue weighted by Gasteiger charge is -2.25. The van der Waals surface area contributed by atoms with E-state index in [2.05, 4.69) is 38.4 Å². The van der Waals surface area contributed by atoms with E-state index in [4.69, 9.17) is 0 Å². The molecule has 3 aromatic rings. The third kappa shape index (κ3) is 3.42. The Morgan fingerprint density at radius 2 is 1.96 bits per heavy atom. The number of nitrogens with zero attached hydrogens (tertiary/aromatic N) is 5. The lowest BCUT2D eigenvalue weighted by Crippen LogP contribution is -2.26. The Labute approximate surface area is 160 Å². The van der Waals surface area contributed by atoms with E-state index in [-0.39, 0.29) is 23.0 Å². The summed E-state index contributed by atoms with van der Waals surface area (Å²) < 4.78 is 41.1. The summed E-state index contributed by atoms with van der Waals surface area (Å²) in [5, 5.41) is 6.74. The van der Waals surface area contributed by atoms with Gasteiger partial charge in [-0.2, -0.15) is 23.3 Å². The second-order valence-electron chi connectivity index (χ2n) is 7.41. The van der Waals surface area contributed by atoms with Crippen LogP contribution in [0.15, 0.2) is 24.4 Å². The van der Waals surface area contributed by atoms with Gasteiger partial charge in [-0.05, 0) is 50.6 Å². The molecule has 0 saturated heterocycles. The van der Waals surface area contributed by atoms with Gasteiger partial charge in [-0.25, -0.2) is 9.67 Å². The predicted molar refractivity (Wildman–Crippen MR) is 100 cm³/mol. The fourth-order valence-electron chi connectivity index (χ4n) is 3.46. The highest BCUT2D eigenvalue weighted by molar-refractivity contribution is 5.79. The van der Waals surface area contributed by atoms with Crippen LogP contribution in [-0.2, 0) is 19.1 Å². The minimum Gasteiger partial charge on any atom is -0.324 e. The molecule has 4 rings (SSSR count). The van der Waals surface area contributed by atoms with Gasteiger partial charge >= 0.3 is 6.18 Å². The normalized spacial score (nSPS) is 15.2. The number of alkyl halides is 3. The zero-order valence-corrected chi connectivity index (χ0v) is 15.9. The van der Waals surface area contributed by atoms with Gasteiger partial charge in [0.15, 0.2) is 11.3 Å². The number of benzene rings is 1. The first kappa shape index (κ1) is 18.7. The molecule has 3 heterocycles. The van der Waals surface area contributed by atoms with Crippen molar-refractivity contribution in [2.45, 2.75) is 39.0 Å². The number of aromatic nitrogens is 4. The molecule has 28 heavy (non-hydrogen) atoms. The van der Waals surface area contributed by atoms with Crippen molar-refractivity contribution in [3.05, 3.63) is 41.2 Å². The van der Waals surface area contributed by atoms with Gasteiger partial charge in [-0.1, -0.05) is 6.07 Å². The van der Waals surface area contributed by atoms with E-state index in [1.807, 2.05) is 12.1 Å². The molecule has 0 unspecified atom stereocenters. The highest BCUT2D eigenvalue weighted by atomic mass is 19.4. The van der Waals surface area contributed by atoms with Gasteiger partial charge in [0.05, 0.1) is 5.39 Å². The number of likely N-dealkylation sites (N-methyl/N-ethyl adjacent to an activating group) is 1. The van der Waals surface area contributed by atoms with E-state index in [1.165, 1.54) is 22.0 Å². The lowest BCUT2D eigenvalue weighted by atomic mass is 9.99. The number of anilines is 2. The summed E-state index contributed by atoms with van der Waals surface area (Å²) in [6.07, 6.45) is -2.37. The van der Waals surface area contributed by atoms with E-state index in [9.17, 15) is 13.2 Å². The van der Waals surface area contributed by atoms with Crippen molar-refractivity contribution in [3.8, 4) is 0 Å². The van der Waals surface area contributed by atoms with Crippen LogP contribution in [0.2, 0.25) is 0 Å². The van der Waals surface area contributed by atoms with Crippen molar-refractivity contribution < 1.29 is 13.2 Å². The molecule has 9 heteroatoms. The van der Waals surface area contributed by atoms with Crippen molar-refractivity contribution in [1.82, 2.24) is 24.6 Å². The first-order chi connectivity index (χ1) is 13.2. The Morgan fingerprint density at radius 3 is 2.68 bits per heavy atom. The molecule has 6 nitrogen and oxygen atoms in total. The van der Waals surface area contributed by atoms with Crippen LogP contribution in [0, 0.1) is 0 Å². The van der Waals surface area contributed by atoms with E-state index in [0.717, 1.165) is 25.2 Å². The Kier molecular flexibility index (Phi) is 4.49. The van der Waals surface area contributed by atoms with Gasteiger partial charge in [0.1, 0.15) is 0 Å². The van der Waals surface area contributed by atoms with Crippen LogP contribution in [0.4, 0.5) is 24.8 Å². The van der Waals surface area contributed by atoms with Crippen LogP contribution in [0.25, 0.3) is 11.0 Å². The van der Waals surface area contributed by atoms with E-state index >= 15 is 0 Å². The minimum atomic E-state index is -4.55. The topological polar surface area (TPSA) is 58.9 Å². The molecule has 148 valence electrons. The highest BCUT2D eigenvalue weighted by Crippen LogP contribution is 2.34. The summed E-state index contributed by atoms with van der Waals surface area (Å²) >= 11 is 0. The van der Waals surface area contributed by atoms with Gasteiger partial charge < -0.3 is 10.2 Å². The largest absolute Gasteiger partial charge is 0.435 e. The summed E-state index contributed by atoms with van der Waals surface area (Å²) in [7, 11) is 2.07. The van der Waals surface area contributed by atoms with Gasteiger partial charge in [0.2, 0.25) is 5.95 Å². The summed E-state index contributed by atoms with van der Waals surface area (Å²) in [6.45, 7) is 5.42. The average molecular weight is 390 g/mol. The molecule has 0 spiro atoms. The molecular formula is C19H21F3N6. The van der Waals surface area contributed by atoms with E-state index < -0.39 is 11.9 Å². The van der Waals surface area contributed by atoms with Crippen molar-refractivity contribution >= 4 is 22.7 Å². The molecule has 0 amide bonds. The Morgan fingerprint density at radius 1 is 1.18 bits per heavy atom. The number of nitrogens with one attached hydrogen (secondary N) is 1. The van der Waals surface area contributed by atoms with Crippen molar-refractivity contribution in [3.63, 3.8) is 0 Å². The summed E-state index contributed by atoms with van der Waals surface area (Å²) in [5.41, 5.74) is 2.55. The molecule has 0 fully saturated rings. The second kappa shape index (κ2) is 6.73. The van der Waals surface area contributed by atoms with Crippen LogP contribution in [0.1, 0.15) is 36.7 Å². The van der Waals surface area contributed by atoms with Crippen molar-refractivity contribution in [2.75, 3.05) is 18.9 Å². The van der Waals surface area contributed by atoms with Gasteiger partial charge in [-0.3, -0.25) is 0 Å². The fourth-order valence-corrected chi connectivity index (χ4v) is 3.46.